The molecule has 0 aliphatic heterocycles. The highest BCUT2D eigenvalue weighted by Gasteiger charge is 2.09. The maximum Gasteiger partial charge on any atom is 0.251 e. The number of aryl methyl sites for hydroxylation is 1. The molecule has 0 radical (unpaired) electrons. The number of hydrogen-bond acceptors (Lipinski definition) is 5. The van der Waals surface area contributed by atoms with Gasteiger partial charge < -0.3 is 10.3 Å². The minimum atomic E-state index is -0.128. The average Bonchev–Trinajstić information content (AvgIpc) is 2.68. The van der Waals surface area contributed by atoms with Crippen LogP contribution in [0.3, 0.4) is 0 Å². The molecule has 6 nitrogen and oxygen atoms in total. The minimum Gasteiger partial charge on any atom is -0.369 e. The number of anilines is 1. The van der Waals surface area contributed by atoms with Gasteiger partial charge in [-0.15, -0.1) is 0 Å². The molecule has 0 bridgehead atoms. The van der Waals surface area contributed by atoms with Crippen LogP contribution < -0.4 is 10.9 Å². The predicted octanol–water partition coefficient (Wildman–Crippen LogP) is 3.34. The lowest BCUT2D eigenvalue weighted by atomic mass is 10.2. The van der Waals surface area contributed by atoms with E-state index in [1.165, 1.54) is 6.07 Å². The summed E-state index contributed by atoms with van der Waals surface area (Å²) in [4.78, 5) is 28.0. The summed E-state index contributed by atoms with van der Waals surface area (Å²) in [5.74, 6) is 2.08. The summed E-state index contributed by atoms with van der Waals surface area (Å²) in [6.07, 6.45) is 0.629. The van der Waals surface area contributed by atoms with E-state index in [9.17, 15) is 4.79 Å². The Morgan fingerprint density at radius 3 is 2.56 bits per heavy atom. The molecule has 0 amide bonds. The lowest BCUT2D eigenvalue weighted by Crippen LogP contribution is -2.14. The Labute approximate surface area is 156 Å². The highest BCUT2D eigenvalue weighted by atomic mass is 16.1. The first-order chi connectivity index (χ1) is 13.2. The van der Waals surface area contributed by atoms with Crippen molar-refractivity contribution < 1.29 is 0 Å². The molecule has 4 rings (SSSR count). The molecule has 6 heteroatoms. The number of H-pyrrole nitrogens is 1. The SMILES string of the molecule is Cc1nc(CCNc2nc(-c3ccccc3)nc3ccccc23)cc(=O)[nH]1. The van der Waals surface area contributed by atoms with Crippen molar-refractivity contribution >= 4 is 16.7 Å². The van der Waals surface area contributed by atoms with Crippen LogP contribution in [0.2, 0.25) is 0 Å². The van der Waals surface area contributed by atoms with E-state index in [1.807, 2.05) is 54.6 Å². The molecule has 0 aliphatic carbocycles. The summed E-state index contributed by atoms with van der Waals surface area (Å²) in [6.45, 7) is 2.40. The fourth-order valence-corrected chi connectivity index (χ4v) is 3.01. The van der Waals surface area contributed by atoms with Gasteiger partial charge in [0.15, 0.2) is 5.82 Å². The second-order valence-corrected chi connectivity index (χ2v) is 6.28. The summed E-state index contributed by atoms with van der Waals surface area (Å²) in [6, 6.07) is 19.4. The van der Waals surface area contributed by atoms with Gasteiger partial charge in [-0.2, -0.15) is 0 Å². The van der Waals surface area contributed by atoms with Crippen molar-refractivity contribution in [3.05, 3.63) is 82.5 Å². The van der Waals surface area contributed by atoms with E-state index in [2.05, 4.69) is 20.3 Å². The van der Waals surface area contributed by atoms with Crippen molar-refractivity contribution in [1.82, 2.24) is 19.9 Å². The quantitative estimate of drug-likeness (QED) is 0.572. The molecule has 0 aliphatic rings. The van der Waals surface area contributed by atoms with Crippen molar-refractivity contribution in [2.24, 2.45) is 0 Å². The topological polar surface area (TPSA) is 83.6 Å². The Kier molecular flexibility index (Phi) is 4.61. The maximum absolute atomic E-state index is 11.6. The maximum atomic E-state index is 11.6. The summed E-state index contributed by atoms with van der Waals surface area (Å²) >= 11 is 0. The molecular formula is C21H19N5O. The van der Waals surface area contributed by atoms with Crippen LogP contribution in [0.15, 0.2) is 65.5 Å². The van der Waals surface area contributed by atoms with Crippen LogP contribution >= 0.6 is 0 Å². The van der Waals surface area contributed by atoms with E-state index in [0.717, 1.165) is 28.0 Å². The molecule has 4 aromatic rings. The van der Waals surface area contributed by atoms with E-state index < -0.39 is 0 Å². The molecule has 0 fully saturated rings. The van der Waals surface area contributed by atoms with E-state index >= 15 is 0 Å². The number of nitrogens with one attached hydrogen (secondary N) is 2. The summed E-state index contributed by atoms with van der Waals surface area (Å²) in [5, 5.41) is 4.35. The van der Waals surface area contributed by atoms with E-state index in [4.69, 9.17) is 4.98 Å². The molecule has 2 aromatic heterocycles. The Morgan fingerprint density at radius 1 is 0.963 bits per heavy atom. The first-order valence-electron chi connectivity index (χ1n) is 8.82. The third kappa shape index (κ3) is 3.84. The monoisotopic (exact) mass is 357 g/mol. The van der Waals surface area contributed by atoms with E-state index in [0.29, 0.717) is 24.6 Å². The number of benzene rings is 2. The molecule has 0 saturated heterocycles. The molecule has 2 heterocycles. The van der Waals surface area contributed by atoms with Crippen LogP contribution in [-0.4, -0.2) is 26.5 Å². The van der Waals surface area contributed by atoms with Gasteiger partial charge in [0.05, 0.1) is 5.52 Å². The number of nitrogens with zero attached hydrogens (tertiary/aromatic N) is 3. The molecule has 2 aromatic carbocycles. The minimum absolute atomic E-state index is 0.128. The van der Waals surface area contributed by atoms with Gasteiger partial charge in [0.25, 0.3) is 5.56 Å². The van der Waals surface area contributed by atoms with Crippen molar-refractivity contribution in [3.8, 4) is 11.4 Å². The van der Waals surface area contributed by atoms with Crippen LogP contribution in [0, 0.1) is 6.92 Å². The number of para-hydroxylation sites is 1. The number of aromatic amines is 1. The normalized spacial score (nSPS) is 10.9. The van der Waals surface area contributed by atoms with Crippen LogP contribution in [0.1, 0.15) is 11.5 Å². The average molecular weight is 357 g/mol. The van der Waals surface area contributed by atoms with Crippen molar-refractivity contribution in [2.75, 3.05) is 11.9 Å². The standard InChI is InChI=1S/C21H19N5O/c1-14-23-16(13-19(27)24-14)11-12-22-21-17-9-5-6-10-18(17)25-20(26-21)15-7-3-2-4-8-15/h2-10,13H,11-12H2,1H3,(H,22,25,26)(H,23,24,27). The molecule has 0 unspecified atom stereocenters. The van der Waals surface area contributed by atoms with Gasteiger partial charge >= 0.3 is 0 Å². The molecule has 2 N–H and O–H groups in total. The highest BCUT2D eigenvalue weighted by molar-refractivity contribution is 5.90. The van der Waals surface area contributed by atoms with Gasteiger partial charge in [-0.3, -0.25) is 4.79 Å². The second kappa shape index (κ2) is 7.37. The molecule has 134 valence electrons. The summed E-state index contributed by atoms with van der Waals surface area (Å²) < 4.78 is 0. The molecule has 27 heavy (non-hydrogen) atoms. The van der Waals surface area contributed by atoms with Crippen molar-refractivity contribution in [1.29, 1.82) is 0 Å². The first-order valence-corrected chi connectivity index (χ1v) is 8.82. The zero-order chi connectivity index (χ0) is 18.6. The number of hydrogen-bond donors (Lipinski definition) is 2. The summed E-state index contributed by atoms with van der Waals surface area (Å²) in [7, 11) is 0. The number of fused-ring (bicyclic) bond motifs is 1. The van der Waals surface area contributed by atoms with Gasteiger partial charge in [0, 0.05) is 35.7 Å². The second-order valence-electron chi connectivity index (χ2n) is 6.28. The van der Waals surface area contributed by atoms with Gasteiger partial charge in [0.1, 0.15) is 11.6 Å². The van der Waals surface area contributed by atoms with Crippen LogP contribution in [-0.2, 0) is 6.42 Å². The van der Waals surface area contributed by atoms with Crippen molar-refractivity contribution in [2.45, 2.75) is 13.3 Å². The van der Waals surface area contributed by atoms with Crippen molar-refractivity contribution in [3.63, 3.8) is 0 Å². The molecular weight excluding hydrogens is 338 g/mol. The van der Waals surface area contributed by atoms with Crippen LogP contribution in [0.25, 0.3) is 22.3 Å². The Bertz CT molecular complexity index is 1140. The third-order valence-corrected chi connectivity index (χ3v) is 4.22. The van der Waals surface area contributed by atoms with Crippen LogP contribution in [0.4, 0.5) is 5.82 Å². The summed E-state index contributed by atoms with van der Waals surface area (Å²) in [5.41, 5.74) is 2.49. The molecule has 0 saturated carbocycles. The highest BCUT2D eigenvalue weighted by Crippen LogP contribution is 2.24. The smallest absolute Gasteiger partial charge is 0.251 e. The Morgan fingerprint density at radius 2 is 1.74 bits per heavy atom. The fourth-order valence-electron chi connectivity index (χ4n) is 3.01. The molecule has 0 atom stereocenters. The van der Waals surface area contributed by atoms with Gasteiger partial charge in [-0.25, -0.2) is 15.0 Å². The Balaban J connectivity index is 1.63. The largest absolute Gasteiger partial charge is 0.369 e. The lowest BCUT2D eigenvalue weighted by molar-refractivity contribution is 0.896. The lowest BCUT2D eigenvalue weighted by Gasteiger charge is -2.11. The van der Waals surface area contributed by atoms with E-state index in [1.54, 1.807) is 6.92 Å². The van der Waals surface area contributed by atoms with Crippen LogP contribution in [0.5, 0.6) is 0 Å². The zero-order valence-corrected chi connectivity index (χ0v) is 14.9. The van der Waals surface area contributed by atoms with Gasteiger partial charge in [-0.1, -0.05) is 42.5 Å². The Hall–Kier alpha value is -3.54. The van der Waals surface area contributed by atoms with Gasteiger partial charge in [-0.05, 0) is 19.1 Å². The number of aromatic nitrogens is 4. The predicted molar refractivity (Wildman–Crippen MR) is 107 cm³/mol. The fraction of sp³-hybridized carbons (Fsp3) is 0.143. The number of rotatable bonds is 5. The van der Waals surface area contributed by atoms with Gasteiger partial charge in [0.2, 0.25) is 0 Å². The third-order valence-electron chi connectivity index (χ3n) is 4.22. The zero-order valence-electron chi connectivity index (χ0n) is 14.9. The first kappa shape index (κ1) is 16.9. The van der Waals surface area contributed by atoms with E-state index in [-0.39, 0.29) is 5.56 Å². The molecule has 0 spiro atoms.